The predicted molar refractivity (Wildman–Crippen MR) is 133 cm³/mol. The maximum Gasteiger partial charge on any atom is 0.457 e. The molecule has 3 rings (SSSR count). The van der Waals surface area contributed by atoms with Crippen molar-refractivity contribution in [1.82, 2.24) is 0 Å². The van der Waals surface area contributed by atoms with E-state index in [1.807, 2.05) is 0 Å². The molecule has 0 fully saturated rings. The summed E-state index contributed by atoms with van der Waals surface area (Å²) < 4.78 is 191. The van der Waals surface area contributed by atoms with Gasteiger partial charge in [-0.25, -0.2) is 17.1 Å². The van der Waals surface area contributed by atoms with E-state index in [1.54, 1.807) is 0 Å². The minimum Gasteiger partial charge on any atom is -0.311 e. The van der Waals surface area contributed by atoms with E-state index in [-0.39, 0.29) is 15.7 Å². The Morgan fingerprint density at radius 1 is 0.689 bits per heavy atom. The minimum atomic E-state index is -7.26. The fraction of sp³-hybridized carbons (Fsp3) is 0.231. The van der Waals surface area contributed by atoms with Crippen LogP contribution in [0.1, 0.15) is 31.8 Å². The fourth-order valence-corrected chi connectivity index (χ4v) is 4.44. The Morgan fingerprint density at radius 3 is 1.71 bits per heavy atom. The summed E-state index contributed by atoms with van der Waals surface area (Å²) in [5, 5.41) is 0. The lowest BCUT2D eigenvalue weighted by molar-refractivity contribution is -0.389. The molecule has 0 spiro atoms. The summed E-state index contributed by atoms with van der Waals surface area (Å²) in [5.74, 6) is -12.5. The average Bonchev–Trinajstić information content (AvgIpc) is 2.93. The Labute approximate surface area is 251 Å². The van der Waals surface area contributed by atoms with Gasteiger partial charge in [0.2, 0.25) is 0 Å². The summed E-state index contributed by atoms with van der Waals surface area (Å²) in [6, 6.07) is 4.90. The van der Waals surface area contributed by atoms with Crippen LogP contribution in [0.2, 0.25) is 0 Å². The number of hydrogen-bond acceptors (Lipinski definition) is 2. The van der Waals surface area contributed by atoms with Crippen molar-refractivity contribution in [3.8, 4) is 0 Å². The summed E-state index contributed by atoms with van der Waals surface area (Å²) in [6.45, 7) is 0. The number of benzene rings is 3. The van der Waals surface area contributed by atoms with Crippen LogP contribution in [0.5, 0.6) is 0 Å². The summed E-state index contributed by atoms with van der Waals surface area (Å²) in [4.78, 5) is 26.4. The van der Waals surface area contributed by atoms with Crippen LogP contribution >= 0.6 is 16.1 Å². The van der Waals surface area contributed by atoms with Crippen molar-refractivity contribution in [1.29, 1.82) is 0 Å². The molecule has 0 aromatic heterocycles. The molecule has 1 unspecified atom stereocenters. The van der Waals surface area contributed by atoms with Crippen molar-refractivity contribution in [2.75, 3.05) is 15.9 Å². The molecule has 0 radical (unpaired) electrons. The molecule has 0 aliphatic carbocycles. The van der Waals surface area contributed by atoms with Gasteiger partial charge in [-0.15, -0.1) is 0 Å². The van der Waals surface area contributed by atoms with E-state index in [0.717, 1.165) is 49.5 Å². The maximum absolute atomic E-state index is 14.9. The molecule has 3 aromatic carbocycles. The standard InChI is InChI=1S/C26H13BrF14N2O2/c1-42(21(45)19-16(28)6-3-7-17(19)29)14-5-2-4-12(10-14)20(44)43(27)18-9-8-13(11-15(18)23(31,32)33)22(30,25(36,37)38)24(34,35)26(39,40)41/h2-11H,1H3. The van der Waals surface area contributed by atoms with Crippen LogP contribution in [0.4, 0.5) is 72.8 Å². The maximum atomic E-state index is 14.9. The number of amides is 2. The molecule has 0 heterocycles. The first-order chi connectivity index (χ1) is 20.4. The first-order valence-electron chi connectivity index (χ1n) is 11.6. The summed E-state index contributed by atoms with van der Waals surface area (Å²) >= 11 is 2.42. The van der Waals surface area contributed by atoms with Gasteiger partial charge in [0.25, 0.3) is 11.8 Å². The van der Waals surface area contributed by atoms with Gasteiger partial charge >= 0.3 is 30.1 Å². The number of carbonyl (C=O) groups excluding carboxylic acids is 2. The Kier molecular flexibility index (Phi) is 9.32. The van der Waals surface area contributed by atoms with Crippen LogP contribution in [0, 0.1) is 11.6 Å². The Balaban J connectivity index is 2.09. The lowest BCUT2D eigenvalue weighted by Crippen LogP contribution is -2.59. The van der Waals surface area contributed by atoms with Gasteiger partial charge in [-0.1, -0.05) is 18.2 Å². The van der Waals surface area contributed by atoms with Gasteiger partial charge in [-0.05, 0) is 42.5 Å². The van der Waals surface area contributed by atoms with E-state index < -0.39 is 93.6 Å². The zero-order valence-electron chi connectivity index (χ0n) is 21.7. The molecule has 4 nitrogen and oxygen atoms in total. The van der Waals surface area contributed by atoms with Crippen molar-refractivity contribution in [2.45, 2.75) is 30.1 Å². The van der Waals surface area contributed by atoms with Crippen molar-refractivity contribution in [3.63, 3.8) is 0 Å². The highest BCUT2D eigenvalue weighted by Crippen LogP contribution is 2.59. The molecule has 0 saturated carbocycles. The molecule has 3 aromatic rings. The van der Waals surface area contributed by atoms with Crippen LogP contribution in [0.25, 0.3) is 0 Å². The average molecular weight is 731 g/mol. The number of nitrogens with zero attached hydrogens (tertiary/aromatic N) is 2. The van der Waals surface area contributed by atoms with Gasteiger partial charge < -0.3 is 4.90 Å². The van der Waals surface area contributed by atoms with Crippen LogP contribution in [-0.4, -0.2) is 37.1 Å². The zero-order valence-corrected chi connectivity index (χ0v) is 23.2. The quantitative estimate of drug-likeness (QED) is 0.188. The molecule has 244 valence electrons. The molecule has 19 heteroatoms. The molecular weight excluding hydrogens is 718 g/mol. The molecule has 0 bridgehead atoms. The molecule has 2 amide bonds. The fourth-order valence-electron chi connectivity index (χ4n) is 3.92. The molecule has 45 heavy (non-hydrogen) atoms. The van der Waals surface area contributed by atoms with Gasteiger partial charge in [-0.2, -0.15) is 48.3 Å². The second-order valence-corrected chi connectivity index (χ2v) is 9.76. The van der Waals surface area contributed by atoms with E-state index in [0.29, 0.717) is 4.90 Å². The molecule has 1 atom stereocenters. The van der Waals surface area contributed by atoms with E-state index in [2.05, 4.69) is 16.1 Å². The molecule has 0 aliphatic heterocycles. The van der Waals surface area contributed by atoms with Crippen molar-refractivity contribution < 1.29 is 71.1 Å². The molecule has 0 N–H and O–H groups in total. The Bertz CT molecular complexity index is 1600. The van der Waals surface area contributed by atoms with Crippen LogP contribution in [-0.2, 0) is 11.8 Å². The number of halogens is 15. The Hall–Kier alpha value is -3.90. The lowest BCUT2D eigenvalue weighted by Gasteiger charge is -2.36. The molecular formula is C26H13BrF14N2O2. The smallest absolute Gasteiger partial charge is 0.311 e. The van der Waals surface area contributed by atoms with Crippen LogP contribution < -0.4 is 8.83 Å². The second-order valence-electron chi connectivity index (χ2n) is 9.06. The van der Waals surface area contributed by atoms with Crippen LogP contribution in [0.15, 0.2) is 60.7 Å². The monoisotopic (exact) mass is 730 g/mol. The molecule has 0 aliphatic rings. The largest absolute Gasteiger partial charge is 0.457 e. The number of carbonyl (C=O) groups is 2. The van der Waals surface area contributed by atoms with Gasteiger partial charge in [-0.3, -0.25) is 9.59 Å². The normalized spacial score (nSPS) is 14.1. The van der Waals surface area contributed by atoms with Gasteiger partial charge in [0.15, 0.2) is 0 Å². The first kappa shape index (κ1) is 35.6. The van der Waals surface area contributed by atoms with E-state index in [4.69, 9.17) is 0 Å². The lowest BCUT2D eigenvalue weighted by atomic mass is 9.86. The topological polar surface area (TPSA) is 40.6 Å². The van der Waals surface area contributed by atoms with Gasteiger partial charge in [0.05, 0.1) is 27.4 Å². The number of hydrogen-bond donors (Lipinski definition) is 0. The third kappa shape index (κ3) is 6.30. The number of rotatable bonds is 6. The first-order valence-corrected chi connectivity index (χ1v) is 12.3. The van der Waals surface area contributed by atoms with E-state index in [1.165, 1.54) is 0 Å². The second kappa shape index (κ2) is 11.8. The van der Waals surface area contributed by atoms with Crippen molar-refractivity contribution >= 4 is 39.3 Å². The van der Waals surface area contributed by atoms with Crippen LogP contribution in [0.3, 0.4) is 0 Å². The SMILES string of the molecule is CN(C(=O)c1c(F)cccc1F)c1cccc(C(=O)N(Br)c2ccc(C(F)(C(F)(F)F)C(F)(F)C(F)(F)F)cc2C(F)(F)F)c1. The summed E-state index contributed by atoms with van der Waals surface area (Å²) in [5.41, 5.74) is -15.2. The highest BCUT2D eigenvalue weighted by atomic mass is 79.9. The Morgan fingerprint density at radius 2 is 1.22 bits per heavy atom. The third-order valence-corrected chi connectivity index (χ3v) is 6.93. The predicted octanol–water partition coefficient (Wildman–Crippen LogP) is 9.14. The summed E-state index contributed by atoms with van der Waals surface area (Å²) in [7, 11) is 1.00. The highest BCUT2D eigenvalue weighted by Gasteiger charge is 2.81. The summed E-state index contributed by atoms with van der Waals surface area (Å²) in [6.07, 6.45) is -20.2. The van der Waals surface area contributed by atoms with Crippen molar-refractivity contribution in [3.05, 3.63) is 94.6 Å². The highest BCUT2D eigenvalue weighted by molar-refractivity contribution is 9.10. The van der Waals surface area contributed by atoms with E-state index in [9.17, 15) is 71.1 Å². The minimum absolute atomic E-state index is 0.0769. The van der Waals surface area contributed by atoms with Gasteiger partial charge in [0.1, 0.15) is 17.2 Å². The van der Waals surface area contributed by atoms with Crippen molar-refractivity contribution in [2.24, 2.45) is 0 Å². The van der Waals surface area contributed by atoms with E-state index >= 15 is 0 Å². The number of anilines is 2. The zero-order chi connectivity index (χ0) is 34.5. The third-order valence-electron chi connectivity index (χ3n) is 6.23. The number of alkyl halides is 12. The van der Waals surface area contributed by atoms with Gasteiger partial charge in [0, 0.05) is 23.9 Å². The molecule has 0 saturated heterocycles.